The Kier molecular flexibility index (Phi) is 70.9. The maximum absolute atomic E-state index is 12.5. The monoisotopic (exact) mass is 1180 g/mol. The van der Waals surface area contributed by atoms with Crippen molar-refractivity contribution in [3.8, 4) is 0 Å². The topological polar surface area (TPSA) is 95.9 Å². The number of ether oxygens (including phenoxy) is 1. The molecule has 6 heteroatoms. The van der Waals surface area contributed by atoms with Gasteiger partial charge in [-0.05, 0) is 96.3 Å². The number of rotatable bonds is 70. The Labute approximate surface area is 524 Å². The van der Waals surface area contributed by atoms with Crippen LogP contribution in [-0.2, 0) is 14.3 Å². The first-order chi connectivity index (χ1) is 41.5. The molecule has 1 amide bonds. The molecule has 0 heterocycles. The van der Waals surface area contributed by atoms with Gasteiger partial charge < -0.3 is 20.3 Å². The van der Waals surface area contributed by atoms with Gasteiger partial charge in [0.25, 0.3) is 0 Å². The second kappa shape index (κ2) is 73.0. The minimum absolute atomic E-state index is 0.00517. The maximum Gasteiger partial charge on any atom is 0.305 e. The van der Waals surface area contributed by atoms with Crippen molar-refractivity contribution >= 4 is 11.9 Å². The third kappa shape index (κ3) is 68.7. The van der Waals surface area contributed by atoms with Crippen LogP contribution in [0.3, 0.4) is 0 Å². The number of allylic oxidation sites excluding steroid dienone is 9. The number of unbranched alkanes of at least 4 members (excludes halogenated alkanes) is 51. The number of hydrogen-bond acceptors (Lipinski definition) is 5. The lowest BCUT2D eigenvalue weighted by Crippen LogP contribution is -2.45. The molecule has 2 unspecified atom stereocenters. The molecule has 0 fully saturated rings. The van der Waals surface area contributed by atoms with Gasteiger partial charge in [0.15, 0.2) is 0 Å². The fraction of sp³-hybridized carbons (Fsp3) is 0.846. The van der Waals surface area contributed by atoms with E-state index in [9.17, 15) is 19.8 Å². The summed E-state index contributed by atoms with van der Waals surface area (Å²) in [4.78, 5) is 24.6. The van der Waals surface area contributed by atoms with Gasteiger partial charge in [-0.15, -0.1) is 0 Å². The minimum Gasteiger partial charge on any atom is -0.466 e. The number of hydrogen-bond donors (Lipinski definition) is 3. The van der Waals surface area contributed by atoms with E-state index in [1.165, 1.54) is 315 Å². The summed E-state index contributed by atoms with van der Waals surface area (Å²) >= 11 is 0. The number of nitrogens with one attached hydrogen (secondary N) is 1. The molecule has 492 valence electrons. The molecule has 0 aliphatic heterocycles. The first-order valence-corrected chi connectivity index (χ1v) is 37.6. The number of carbonyl (C=O) groups is 2. The van der Waals surface area contributed by atoms with Gasteiger partial charge in [0.2, 0.25) is 5.91 Å². The molecule has 0 aliphatic carbocycles. The standard InChI is InChI=1S/C78H145NO5/c1-3-5-7-9-11-13-15-17-19-21-35-39-42-46-50-54-58-62-66-70-76(81)75(74-80)79-77(82)71-67-63-59-55-51-47-43-40-36-33-31-29-27-25-23-22-24-26-28-30-32-34-37-41-45-49-53-57-61-65-69-73-84-78(83)72-68-64-60-56-52-48-44-38-20-18-16-14-12-10-8-6-4-2/h12,14,18,20,24,26,30,32,66,70,75-76,80-81H,3-11,13,15-17,19,21-23,25,27-29,31,33-65,67-69,71-74H2,1-2H3,(H,79,82)/b14-12-,20-18-,26-24-,32-30-,70-66+. The molecule has 0 aromatic heterocycles. The highest BCUT2D eigenvalue weighted by atomic mass is 16.5. The Balaban J connectivity index is 3.42. The molecule has 3 N–H and O–H groups in total. The van der Waals surface area contributed by atoms with Gasteiger partial charge in [-0.3, -0.25) is 9.59 Å². The van der Waals surface area contributed by atoms with Crippen LogP contribution in [0.5, 0.6) is 0 Å². The quantitative estimate of drug-likeness (QED) is 0.0320. The second-order valence-corrected chi connectivity index (χ2v) is 25.6. The summed E-state index contributed by atoms with van der Waals surface area (Å²) < 4.78 is 5.50. The molecule has 84 heavy (non-hydrogen) atoms. The number of carbonyl (C=O) groups excluding carboxylic acids is 2. The van der Waals surface area contributed by atoms with Crippen molar-refractivity contribution in [2.24, 2.45) is 0 Å². The van der Waals surface area contributed by atoms with Crippen molar-refractivity contribution in [1.82, 2.24) is 5.32 Å². The maximum atomic E-state index is 12.5. The van der Waals surface area contributed by atoms with Crippen molar-refractivity contribution in [3.05, 3.63) is 60.8 Å². The minimum atomic E-state index is -0.846. The van der Waals surface area contributed by atoms with Gasteiger partial charge in [-0.25, -0.2) is 0 Å². The second-order valence-electron chi connectivity index (χ2n) is 25.6. The van der Waals surface area contributed by atoms with E-state index in [0.717, 1.165) is 57.8 Å². The van der Waals surface area contributed by atoms with E-state index in [0.29, 0.717) is 19.4 Å². The summed E-state index contributed by atoms with van der Waals surface area (Å²) in [5.41, 5.74) is 0. The van der Waals surface area contributed by atoms with Crippen LogP contribution >= 0.6 is 0 Å². The molecule has 0 saturated heterocycles. The zero-order valence-electron chi connectivity index (χ0n) is 56.4. The Morgan fingerprint density at radius 1 is 0.333 bits per heavy atom. The van der Waals surface area contributed by atoms with E-state index in [-0.39, 0.29) is 18.5 Å². The molecule has 0 spiro atoms. The first kappa shape index (κ1) is 81.6. The number of esters is 1. The van der Waals surface area contributed by atoms with E-state index in [1.807, 2.05) is 6.08 Å². The Morgan fingerprint density at radius 3 is 0.929 bits per heavy atom. The molecule has 0 rings (SSSR count). The molecular formula is C78H145NO5. The number of amides is 1. The zero-order valence-corrected chi connectivity index (χ0v) is 56.4. The first-order valence-electron chi connectivity index (χ1n) is 37.6. The fourth-order valence-electron chi connectivity index (χ4n) is 11.5. The lowest BCUT2D eigenvalue weighted by molar-refractivity contribution is -0.143. The Hall–Kier alpha value is -2.44. The number of aliphatic hydroxyl groups excluding tert-OH is 2. The third-order valence-electron chi connectivity index (χ3n) is 17.3. The largest absolute Gasteiger partial charge is 0.466 e. The van der Waals surface area contributed by atoms with Crippen LogP contribution in [0.2, 0.25) is 0 Å². The Bertz CT molecular complexity index is 1450. The van der Waals surface area contributed by atoms with E-state index in [2.05, 4.69) is 67.8 Å². The zero-order chi connectivity index (χ0) is 60.6. The fourth-order valence-corrected chi connectivity index (χ4v) is 11.5. The summed E-state index contributed by atoms with van der Waals surface area (Å²) in [5, 5.41) is 23.2. The average molecular weight is 1180 g/mol. The highest BCUT2D eigenvalue weighted by Gasteiger charge is 2.18. The highest BCUT2D eigenvalue weighted by Crippen LogP contribution is 2.18. The van der Waals surface area contributed by atoms with Crippen LogP contribution in [0.25, 0.3) is 0 Å². The predicted octanol–water partition coefficient (Wildman–Crippen LogP) is 24.6. The molecule has 2 atom stereocenters. The average Bonchev–Trinajstić information content (AvgIpc) is 3.51. The van der Waals surface area contributed by atoms with Crippen LogP contribution in [0, 0.1) is 0 Å². The molecule has 0 aromatic rings. The van der Waals surface area contributed by atoms with Crippen LogP contribution in [0.1, 0.15) is 399 Å². The summed E-state index contributed by atoms with van der Waals surface area (Å²) in [6, 6.07) is -0.629. The van der Waals surface area contributed by atoms with Gasteiger partial charge in [0.05, 0.1) is 25.4 Å². The van der Waals surface area contributed by atoms with Gasteiger partial charge >= 0.3 is 5.97 Å². The molecular weight excluding hydrogens is 1030 g/mol. The lowest BCUT2D eigenvalue weighted by atomic mass is 10.0. The lowest BCUT2D eigenvalue weighted by Gasteiger charge is -2.20. The predicted molar refractivity (Wildman–Crippen MR) is 370 cm³/mol. The number of aliphatic hydroxyl groups is 2. The molecule has 0 aliphatic rings. The van der Waals surface area contributed by atoms with Crippen molar-refractivity contribution in [3.63, 3.8) is 0 Å². The van der Waals surface area contributed by atoms with Gasteiger partial charge in [0, 0.05) is 12.8 Å². The van der Waals surface area contributed by atoms with Crippen molar-refractivity contribution in [2.75, 3.05) is 13.2 Å². The Morgan fingerprint density at radius 2 is 0.595 bits per heavy atom. The van der Waals surface area contributed by atoms with E-state index in [1.54, 1.807) is 6.08 Å². The van der Waals surface area contributed by atoms with Gasteiger partial charge in [-0.1, -0.05) is 351 Å². The van der Waals surface area contributed by atoms with Crippen molar-refractivity contribution in [2.45, 2.75) is 411 Å². The molecule has 0 aromatic carbocycles. The molecule has 0 saturated carbocycles. The third-order valence-corrected chi connectivity index (χ3v) is 17.3. The molecule has 0 bridgehead atoms. The van der Waals surface area contributed by atoms with Crippen molar-refractivity contribution in [1.29, 1.82) is 0 Å². The van der Waals surface area contributed by atoms with Gasteiger partial charge in [0.1, 0.15) is 0 Å². The van der Waals surface area contributed by atoms with Crippen LogP contribution in [0.4, 0.5) is 0 Å². The van der Waals surface area contributed by atoms with Crippen molar-refractivity contribution < 1.29 is 24.5 Å². The van der Waals surface area contributed by atoms with E-state index >= 15 is 0 Å². The normalized spacial score (nSPS) is 12.9. The summed E-state index contributed by atoms with van der Waals surface area (Å²) in [7, 11) is 0. The summed E-state index contributed by atoms with van der Waals surface area (Å²) in [6.07, 6.45) is 97.4. The van der Waals surface area contributed by atoms with Crippen LogP contribution in [-0.4, -0.2) is 47.4 Å². The van der Waals surface area contributed by atoms with E-state index < -0.39 is 12.1 Å². The van der Waals surface area contributed by atoms with Crippen LogP contribution in [0.15, 0.2) is 60.8 Å². The molecule has 6 nitrogen and oxygen atoms in total. The SMILES string of the molecule is CCCCC/C=C\C/C=C\CCCCCCCCCC(=O)OCCCCCCCCCCC/C=C\C/C=C\CCCCCCCCCCCCCCCCCC(=O)NC(CO)C(O)/C=C/CCCCCCCCCCCCCCCCCCC. The smallest absolute Gasteiger partial charge is 0.305 e. The van der Waals surface area contributed by atoms with E-state index in [4.69, 9.17) is 4.74 Å². The highest BCUT2D eigenvalue weighted by molar-refractivity contribution is 5.76. The molecule has 0 radical (unpaired) electrons. The summed E-state index contributed by atoms with van der Waals surface area (Å²) in [6.45, 7) is 4.90. The van der Waals surface area contributed by atoms with Gasteiger partial charge in [-0.2, -0.15) is 0 Å². The summed E-state index contributed by atoms with van der Waals surface area (Å²) in [5.74, 6) is -0.0594. The van der Waals surface area contributed by atoms with Crippen LogP contribution < -0.4 is 5.32 Å².